The van der Waals surface area contributed by atoms with E-state index in [0.29, 0.717) is 11.6 Å². The number of carboxylic acid groups (broad SMARTS) is 1. The van der Waals surface area contributed by atoms with Crippen molar-refractivity contribution in [3.8, 4) is 0 Å². The van der Waals surface area contributed by atoms with E-state index in [2.05, 4.69) is 28.9 Å². The van der Waals surface area contributed by atoms with Gasteiger partial charge in [0.05, 0.1) is 5.56 Å². The molecule has 1 unspecified atom stereocenters. The zero-order valence-corrected chi connectivity index (χ0v) is 10.8. The highest BCUT2D eigenvalue weighted by molar-refractivity contribution is 5.88. The summed E-state index contributed by atoms with van der Waals surface area (Å²) in [4.78, 5) is 19.6. The largest absolute Gasteiger partial charge is 0.478 e. The lowest BCUT2D eigenvalue weighted by molar-refractivity contribution is 0.0697. The number of carbonyl (C=O) groups is 1. The van der Waals surface area contributed by atoms with Crippen molar-refractivity contribution in [2.24, 2.45) is 0 Å². The van der Waals surface area contributed by atoms with Gasteiger partial charge in [-0.2, -0.15) is 0 Å². The SMILES string of the molecule is CN(C)CC1CCCN1c1cc(C(=O)O)ccn1. The molecule has 98 valence electrons. The Bertz CT molecular complexity index is 434. The molecule has 0 radical (unpaired) electrons. The van der Waals surface area contributed by atoms with Crippen LogP contribution in [0.3, 0.4) is 0 Å². The van der Waals surface area contributed by atoms with Crippen LogP contribution in [-0.2, 0) is 0 Å². The van der Waals surface area contributed by atoms with Crippen LogP contribution in [0, 0.1) is 0 Å². The van der Waals surface area contributed by atoms with E-state index in [1.807, 2.05) is 0 Å². The number of pyridine rings is 1. The van der Waals surface area contributed by atoms with E-state index in [1.165, 1.54) is 6.07 Å². The molecule has 1 aliphatic rings. The number of aromatic carboxylic acids is 1. The van der Waals surface area contributed by atoms with Crippen LogP contribution < -0.4 is 4.90 Å². The van der Waals surface area contributed by atoms with Crippen LogP contribution in [0.25, 0.3) is 0 Å². The van der Waals surface area contributed by atoms with Gasteiger partial charge in [-0.25, -0.2) is 9.78 Å². The quantitative estimate of drug-likeness (QED) is 0.872. The molecule has 5 heteroatoms. The minimum Gasteiger partial charge on any atom is -0.478 e. The zero-order chi connectivity index (χ0) is 13.1. The lowest BCUT2D eigenvalue weighted by atomic mass is 10.2. The molecule has 1 aliphatic heterocycles. The third-order valence-electron chi connectivity index (χ3n) is 3.24. The van der Waals surface area contributed by atoms with Crippen LogP contribution in [0.15, 0.2) is 18.3 Å². The van der Waals surface area contributed by atoms with E-state index >= 15 is 0 Å². The van der Waals surface area contributed by atoms with Gasteiger partial charge in [0.25, 0.3) is 0 Å². The average Bonchev–Trinajstić information content (AvgIpc) is 2.76. The molecule has 1 N–H and O–H groups in total. The van der Waals surface area contributed by atoms with Crippen LogP contribution in [0.2, 0.25) is 0 Å². The maximum atomic E-state index is 11.0. The molecule has 0 amide bonds. The first kappa shape index (κ1) is 12.8. The number of rotatable bonds is 4. The normalized spacial score (nSPS) is 19.5. The van der Waals surface area contributed by atoms with E-state index in [9.17, 15) is 4.79 Å². The molecule has 1 atom stereocenters. The molecule has 1 fully saturated rings. The third kappa shape index (κ3) is 2.79. The van der Waals surface area contributed by atoms with Crippen molar-refractivity contribution >= 4 is 11.8 Å². The van der Waals surface area contributed by atoms with Crippen LogP contribution in [-0.4, -0.2) is 54.2 Å². The molecule has 0 spiro atoms. The number of hydrogen-bond donors (Lipinski definition) is 1. The van der Waals surface area contributed by atoms with Crippen LogP contribution >= 0.6 is 0 Å². The fourth-order valence-corrected chi connectivity index (χ4v) is 2.46. The Kier molecular flexibility index (Phi) is 3.81. The molecule has 0 aromatic carbocycles. The summed E-state index contributed by atoms with van der Waals surface area (Å²) in [6, 6.07) is 3.62. The second-order valence-corrected chi connectivity index (χ2v) is 4.96. The Morgan fingerprint density at radius 1 is 1.61 bits per heavy atom. The van der Waals surface area contributed by atoms with E-state index < -0.39 is 5.97 Å². The summed E-state index contributed by atoms with van der Waals surface area (Å²) < 4.78 is 0. The zero-order valence-electron chi connectivity index (χ0n) is 10.8. The predicted molar refractivity (Wildman–Crippen MR) is 70.1 cm³/mol. The highest BCUT2D eigenvalue weighted by Gasteiger charge is 2.26. The van der Waals surface area contributed by atoms with E-state index in [0.717, 1.165) is 31.7 Å². The minimum absolute atomic E-state index is 0.301. The van der Waals surface area contributed by atoms with Crippen molar-refractivity contribution in [1.29, 1.82) is 0 Å². The topological polar surface area (TPSA) is 56.7 Å². The lowest BCUT2D eigenvalue weighted by Gasteiger charge is -2.28. The Morgan fingerprint density at radius 3 is 3.06 bits per heavy atom. The number of hydrogen-bond acceptors (Lipinski definition) is 4. The molecule has 0 aliphatic carbocycles. The third-order valence-corrected chi connectivity index (χ3v) is 3.24. The van der Waals surface area contributed by atoms with Gasteiger partial charge in [-0.05, 0) is 39.1 Å². The average molecular weight is 249 g/mol. The second kappa shape index (κ2) is 5.35. The Hall–Kier alpha value is -1.62. The second-order valence-electron chi connectivity index (χ2n) is 4.96. The van der Waals surface area contributed by atoms with Crippen molar-refractivity contribution in [2.75, 3.05) is 32.1 Å². The van der Waals surface area contributed by atoms with Gasteiger partial charge in [-0.3, -0.25) is 0 Å². The molecule has 0 bridgehead atoms. The molecular weight excluding hydrogens is 230 g/mol. The maximum absolute atomic E-state index is 11.0. The molecule has 2 rings (SSSR count). The van der Waals surface area contributed by atoms with Crippen molar-refractivity contribution in [2.45, 2.75) is 18.9 Å². The summed E-state index contributed by atoms with van der Waals surface area (Å²) in [6.07, 6.45) is 3.85. The number of aromatic nitrogens is 1. The minimum atomic E-state index is -0.901. The van der Waals surface area contributed by atoms with Crippen molar-refractivity contribution < 1.29 is 9.90 Å². The highest BCUT2D eigenvalue weighted by Crippen LogP contribution is 2.24. The van der Waals surface area contributed by atoms with E-state index in [4.69, 9.17) is 5.11 Å². The fraction of sp³-hybridized carbons (Fsp3) is 0.538. The molecule has 0 saturated carbocycles. The molecule has 1 aromatic heterocycles. The summed E-state index contributed by atoms with van der Waals surface area (Å²) in [5, 5.41) is 9.01. The summed E-state index contributed by atoms with van der Waals surface area (Å²) in [5.41, 5.74) is 0.301. The van der Waals surface area contributed by atoms with Gasteiger partial charge in [-0.15, -0.1) is 0 Å². The van der Waals surface area contributed by atoms with Gasteiger partial charge < -0.3 is 14.9 Å². The first-order chi connectivity index (χ1) is 8.58. The first-order valence-electron chi connectivity index (χ1n) is 6.18. The van der Waals surface area contributed by atoms with E-state index in [-0.39, 0.29) is 0 Å². The maximum Gasteiger partial charge on any atom is 0.335 e. The number of likely N-dealkylation sites (N-methyl/N-ethyl adjacent to an activating group) is 1. The highest BCUT2D eigenvalue weighted by atomic mass is 16.4. The van der Waals surface area contributed by atoms with Gasteiger partial charge in [-0.1, -0.05) is 0 Å². The molecular formula is C13H19N3O2. The van der Waals surface area contributed by atoms with Crippen molar-refractivity contribution in [3.63, 3.8) is 0 Å². The lowest BCUT2D eigenvalue weighted by Crippen LogP contribution is -2.38. The van der Waals surface area contributed by atoms with Crippen molar-refractivity contribution in [1.82, 2.24) is 9.88 Å². The van der Waals surface area contributed by atoms with Gasteiger partial charge >= 0.3 is 5.97 Å². The summed E-state index contributed by atoms with van der Waals surface area (Å²) in [7, 11) is 4.11. The summed E-state index contributed by atoms with van der Waals surface area (Å²) in [5.74, 6) is -0.124. The van der Waals surface area contributed by atoms with Gasteiger partial charge in [0, 0.05) is 25.3 Å². The van der Waals surface area contributed by atoms with Crippen LogP contribution in [0.1, 0.15) is 23.2 Å². The van der Waals surface area contributed by atoms with E-state index in [1.54, 1.807) is 12.3 Å². The molecule has 1 saturated heterocycles. The molecule has 18 heavy (non-hydrogen) atoms. The van der Waals surface area contributed by atoms with Crippen LogP contribution in [0.4, 0.5) is 5.82 Å². The Labute approximate surface area is 107 Å². The predicted octanol–water partition coefficient (Wildman–Crippen LogP) is 1.31. The van der Waals surface area contributed by atoms with Gasteiger partial charge in [0.2, 0.25) is 0 Å². The van der Waals surface area contributed by atoms with Crippen LogP contribution in [0.5, 0.6) is 0 Å². The summed E-state index contributed by atoms with van der Waals surface area (Å²) >= 11 is 0. The van der Waals surface area contributed by atoms with Crippen molar-refractivity contribution in [3.05, 3.63) is 23.9 Å². The number of nitrogens with zero attached hydrogens (tertiary/aromatic N) is 3. The summed E-state index contributed by atoms with van der Waals surface area (Å²) in [6.45, 7) is 1.92. The molecule has 1 aromatic rings. The van der Waals surface area contributed by atoms with Gasteiger partial charge in [0.1, 0.15) is 5.82 Å². The smallest absolute Gasteiger partial charge is 0.335 e. The standard InChI is InChI=1S/C13H19N3O2/c1-15(2)9-11-4-3-7-16(11)12-8-10(13(17)18)5-6-14-12/h5-6,8,11H,3-4,7,9H2,1-2H3,(H,17,18). The van der Waals surface area contributed by atoms with Gasteiger partial charge in [0.15, 0.2) is 0 Å². The molecule has 2 heterocycles. The Morgan fingerprint density at radius 2 is 2.39 bits per heavy atom. The monoisotopic (exact) mass is 249 g/mol. The molecule has 5 nitrogen and oxygen atoms in total. The Balaban J connectivity index is 2.19. The number of anilines is 1. The number of carboxylic acids is 1. The fourth-order valence-electron chi connectivity index (χ4n) is 2.46. The first-order valence-corrected chi connectivity index (χ1v) is 6.18.